The summed E-state index contributed by atoms with van der Waals surface area (Å²) < 4.78 is 29.2. The summed E-state index contributed by atoms with van der Waals surface area (Å²) in [6, 6.07) is 28.1. The summed E-state index contributed by atoms with van der Waals surface area (Å²) in [7, 11) is -4.25. The predicted octanol–water partition coefficient (Wildman–Crippen LogP) is 6.66. The number of halogens is 2. The lowest BCUT2D eigenvalue weighted by atomic mass is 10.0. The molecule has 230 valence electrons. The van der Waals surface area contributed by atoms with Crippen molar-refractivity contribution in [3.05, 3.63) is 130 Å². The van der Waals surface area contributed by atoms with E-state index in [4.69, 9.17) is 23.2 Å². The minimum Gasteiger partial charge on any atom is -0.352 e. The third-order valence-electron chi connectivity index (χ3n) is 7.01. The molecule has 0 aliphatic heterocycles. The minimum absolute atomic E-state index is 0.00635. The molecule has 1 atom stereocenters. The number of sulfonamides is 1. The number of para-hydroxylation sites is 1. The molecule has 4 aromatic carbocycles. The van der Waals surface area contributed by atoms with Crippen LogP contribution in [0, 0.1) is 6.92 Å². The maximum absolute atomic E-state index is 14.5. The summed E-state index contributed by atoms with van der Waals surface area (Å²) >= 11 is 13.0. The molecule has 4 aromatic rings. The number of carbonyl (C=O) groups is 2. The van der Waals surface area contributed by atoms with E-state index >= 15 is 0 Å². The second-order valence-corrected chi connectivity index (χ2v) is 13.4. The molecule has 44 heavy (non-hydrogen) atoms. The van der Waals surface area contributed by atoms with Crippen molar-refractivity contribution in [2.24, 2.45) is 0 Å². The van der Waals surface area contributed by atoms with Crippen molar-refractivity contribution >= 4 is 50.7 Å². The highest BCUT2D eigenvalue weighted by molar-refractivity contribution is 7.92. The molecular weight excluding hydrogens is 617 g/mol. The quantitative estimate of drug-likeness (QED) is 0.186. The molecule has 0 spiro atoms. The van der Waals surface area contributed by atoms with Gasteiger partial charge in [0.05, 0.1) is 15.6 Å². The zero-order valence-electron chi connectivity index (χ0n) is 24.8. The van der Waals surface area contributed by atoms with Crippen LogP contribution in [0.25, 0.3) is 0 Å². The highest BCUT2D eigenvalue weighted by Crippen LogP contribution is 2.31. The molecule has 0 fully saturated rings. The van der Waals surface area contributed by atoms with Crippen LogP contribution >= 0.6 is 23.2 Å². The molecule has 10 heteroatoms. The van der Waals surface area contributed by atoms with Crippen LogP contribution in [0.5, 0.6) is 0 Å². The molecule has 0 radical (unpaired) electrons. The SMILES string of the molecule is Cc1ccc(S(=O)(=O)N(CC(=O)N(Cc2ccccc2Cl)[C@@H](Cc2ccccc2)C(=O)NC(C)C)c2ccccc2Cl)cc1. The smallest absolute Gasteiger partial charge is 0.264 e. The monoisotopic (exact) mass is 651 g/mol. The van der Waals surface area contributed by atoms with Gasteiger partial charge in [-0.25, -0.2) is 8.42 Å². The Bertz CT molecular complexity index is 1700. The number of carbonyl (C=O) groups excluding carboxylic acids is 2. The van der Waals surface area contributed by atoms with Crippen LogP contribution in [0.4, 0.5) is 5.69 Å². The van der Waals surface area contributed by atoms with E-state index < -0.39 is 28.5 Å². The second kappa shape index (κ2) is 14.8. The first-order valence-electron chi connectivity index (χ1n) is 14.2. The van der Waals surface area contributed by atoms with Crippen LogP contribution in [-0.4, -0.2) is 43.8 Å². The molecule has 0 heterocycles. The van der Waals surface area contributed by atoms with Gasteiger partial charge in [0.2, 0.25) is 11.8 Å². The van der Waals surface area contributed by atoms with Crippen LogP contribution in [0.15, 0.2) is 108 Å². The fourth-order valence-electron chi connectivity index (χ4n) is 4.75. The Hall–Kier alpha value is -3.85. The van der Waals surface area contributed by atoms with Gasteiger partial charge in [-0.3, -0.25) is 13.9 Å². The van der Waals surface area contributed by atoms with E-state index in [1.54, 1.807) is 60.7 Å². The van der Waals surface area contributed by atoms with Gasteiger partial charge < -0.3 is 10.2 Å². The number of rotatable bonds is 12. The van der Waals surface area contributed by atoms with Gasteiger partial charge in [0.25, 0.3) is 10.0 Å². The zero-order chi connectivity index (χ0) is 31.9. The molecule has 0 saturated heterocycles. The summed E-state index contributed by atoms with van der Waals surface area (Å²) in [5.41, 5.74) is 2.48. The van der Waals surface area contributed by atoms with Crippen LogP contribution in [0.3, 0.4) is 0 Å². The largest absolute Gasteiger partial charge is 0.352 e. The van der Waals surface area contributed by atoms with Crippen LogP contribution in [0.1, 0.15) is 30.5 Å². The zero-order valence-corrected chi connectivity index (χ0v) is 27.1. The predicted molar refractivity (Wildman–Crippen MR) is 176 cm³/mol. The summed E-state index contributed by atoms with van der Waals surface area (Å²) in [5, 5.41) is 3.51. The lowest BCUT2D eigenvalue weighted by Gasteiger charge is -2.34. The Kier molecular flexibility index (Phi) is 11.1. The Labute approximate surface area is 269 Å². The van der Waals surface area contributed by atoms with Crippen molar-refractivity contribution < 1.29 is 18.0 Å². The molecule has 4 rings (SSSR count). The summed E-state index contributed by atoms with van der Waals surface area (Å²) in [5.74, 6) is -0.963. The second-order valence-electron chi connectivity index (χ2n) is 10.8. The van der Waals surface area contributed by atoms with Gasteiger partial charge in [-0.2, -0.15) is 0 Å². The number of amides is 2. The van der Waals surface area contributed by atoms with Gasteiger partial charge in [0, 0.05) is 24.0 Å². The van der Waals surface area contributed by atoms with Crippen molar-refractivity contribution in [3.8, 4) is 0 Å². The van der Waals surface area contributed by atoms with E-state index in [0.717, 1.165) is 15.4 Å². The first kappa shape index (κ1) is 33.1. The van der Waals surface area contributed by atoms with E-state index in [0.29, 0.717) is 10.6 Å². The maximum atomic E-state index is 14.5. The maximum Gasteiger partial charge on any atom is 0.264 e. The normalized spacial score (nSPS) is 12.0. The van der Waals surface area contributed by atoms with Gasteiger partial charge in [-0.1, -0.05) is 102 Å². The Morgan fingerprint density at radius 1 is 0.795 bits per heavy atom. The van der Waals surface area contributed by atoms with Crippen LogP contribution in [0.2, 0.25) is 10.0 Å². The summed E-state index contributed by atoms with van der Waals surface area (Å²) in [4.78, 5) is 29.6. The fourth-order valence-corrected chi connectivity index (χ4v) is 6.67. The van der Waals surface area contributed by atoms with Crippen molar-refractivity contribution in [1.82, 2.24) is 10.2 Å². The van der Waals surface area contributed by atoms with Crippen molar-refractivity contribution in [3.63, 3.8) is 0 Å². The summed E-state index contributed by atoms with van der Waals surface area (Å²) in [6.07, 6.45) is 0.201. The van der Waals surface area contributed by atoms with Crippen molar-refractivity contribution in [2.75, 3.05) is 10.8 Å². The highest BCUT2D eigenvalue weighted by Gasteiger charge is 2.35. The molecular formula is C34H35Cl2N3O4S. The molecule has 0 aromatic heterocycles. The first-order valence-corrected chi connectivity index (χ1v) is 16.4. The topological polar surface area (TPSA) is 86.8 Å². The average molecular weight is 653 g/mol. The Morgan fingerprint density at radius 2 is 1.39 bits per heavy atom. The first-order chi connectivity index (χ1) is 21.0. The highest BCUT2D eigenvalue weighted by atomic mass is 35.5. The number of hydrogen-bond donors (Lipinski definition) is 1. The molecule has 7 nitrogen and oxygen atoms in total. The third-order valence-corrected chi connectivity index (χ3v) is 9.47. The lowest BCUT2D eigenvalue weighted by molar-refractivity contribution is -0.140. The van der Waals surface area contributed by atoms with Gasteiger partial charge in [-0.15, -0.1) is 0 Å². The van der Waals surface area contributed by atoms with Gasteiger partial charge in [-0.05, 0) is 62.2 Å². The number of nitrogens with one attached hydrogen (secondary N) is 1. The third kappa shape index (κ3) is 8.20. The standard InChI is InChI=1S/C34H35Cl2N3O4S/c1-24(2)37-34(41)32(21-26-11-5-4-6-12-26)38(22-27-13-7-8-14-29(27)35)33(40)23-39(31-16-10-9-15-30(31)36)44(42,43)28-19-17-25(3)18-20-28/h4-20,24,32H,21-23H2,1-3H3,(H,37,41)/t32-/m0/s1. The number of benzene rings is 4. The van der Waals surface area contributed by atoms with Crippen LogP contribution in [-0.2, 0) is 32.6 Å². The fraction of sp³-hybridized carbons (Fsp3) is 0.235. The molecule has 0 saturated carbocycles. The van der Waals surface area contributed by atoms with E-state index in [-0.39, 0.29) is 40.5 Å². The van der Waals surface area contributed by atoms with E-state index in [9.17, 15) is 18.0 Å². The minimum atomic E-state index is -4.25. The lowest BCUT2D eigenvalue weighted by Crippen LogP contribution is -2.54. The van der Waals surface area contributed by atoms with Crippen molar-refractivity contribution in [2.45, 2.75) is 50.7 Å². The van der Waals surface area contributed by atoms with Gasteiger partial charge >= 0.3 is 0 Å². The summed E-state index contributed by atoms with van der Waals surface area (Å²) in [6.45, 7) is 4.90. The number of nitrogens with zero attached hydrogens (tertiary/aromatic N) is 2. The molecule has 0 aliphatic carbocycles. The van der Waals surface area contributed by atoms with E-state index in [1.807, 2.05) is 51.1 Å². The number of aryl methyl sites for hydroxylation is 1. The number of hydrogen-bond acceptors (Lipinski definition) is 4. The van der Waals surface area contributed by atoms with Crippen molar-refractivity contribution in [1.29, 1.82) is 0 Å². The molecule has 1 N–H and O–H groups in total. The van der Waals surface area contributed by atoms with E-state index in [1.165, 1.54) is 17.0 Å². The van der Waals surface area contributed by atoms with E-state index in [2.05, 4.69) is 5.32 Å². The Morgan fingerprint density at radius 3 is 2.00 bits per heavy atom. The molecule has 2 amide bonds. The average Bonchev–Trinajstić information content (AvgIpc) is 2.99. The Balaban J connectivity index is 1.82. The molecule has 0 unspecified atom stereocenters. The van der Waals surface area contributed by atoms with Gasteiger partial charge in [0.1, 0.15) is 12.6 Å². The molecule has 0 bridgehead atoms. The van der Waals surface area contributed by atoms with Gasteiger partial charge in [0.15, 0.2) is 0 Å². The van der Waals surface area contributed by atoms with Crippen LogP contribution < -0.4 is 9.62 Å². The number of anilines is 1. The molecule has 0 aliphatic rings.